The molecule has 4 nitrogen and oxygen atoms in total. The molecule has 1 aromatic carbocycles. The molecule has 6 heteroatoms. The van der Waals surface area contributed by atoms with E-state index in [0.717, 1.165) is 0 Å². The number of phenolic OH excluding ortho intramolecular Hbond substituents is 1. The summed E-state index contributed by atoms with van der Waals surface area (Å²) in [5, 5.41) is 9.83. The third kappa shape index (κ3) is 3.37. The Morgan fingerprint density at radius 1 is 1.55 bits per heavy atom. The molecule has 1 fully saturated rings. The molecule has 1 atom stereocenters. The number of carbonyl (C=O) groups is 1. The van der Waals surface area contributed by atoms with Gasteiger partial charge in [0.05, 0.1) is 28.2 Å². The van der Waals surface area contributed by atoms with Gasteiger partial charge in [0.15, 0.2) is 0 Å². The zero-order valence-corrected chi connectivity index (χ0v) is 12.9. The average Bonchev–Trinajstić information content (AvgIpc) is 2.38. The SMILES string of the molecule is CC1(C)CN(C(=O)c2cc(O)ccc2Cl)CC(CCl)O1. The van der Waals surface area contributed by atoms with Crippen molar-refractivity contribution < 1.29 is 14.6 Å². The minimum atomic E-state index is -0.462. The molecule has 1 unspecified atom stereocenters. The second kappa shape index (κ2) is 5.80. The number of halogens is 2. The smallest absolute Gasteiger partial charge is 0.255 e. The summed E-state index contributed by atoms with van der Waals surface area (Å²) in [6.07, 6.45) is -0.208. The third-order valence-electron chi connectivity index (χ3n) is 3.12. The van der Waals surface area contributed by atoms with Crippen LogP contribution in [-0.2, 0) is 4.74 Å². The molecule has 0 aliphatic carbocycles. The summed E-state index contributed by atoms with van der Waals surface area (Å²) in [6.45, 7) is 4.69. The topological polar surface area (TPSA) is 49.8 Å². The number of hydrogen-bond acceptors (Lipinski definition) is 3. The molecule has 1 amide bonds. The van der Waals surface area contributed by atoms with Crippen molar-refractivity contribution in [2.75, 3.05) is 19.0 Å². The molecule has 20 heavy (non-hydrogen) atoms. The zero-order chi connectivity index (χ0) is 14.9. The predicted octanol–water partition coefficient (Wildman–Crippen LogP) is 2.90. The van der Waals surface area contributed by atoms with Crippen LogP contribution in [0.5, 0.6) is 5.75 Å². The Kier molecular flexibility index (Phi) is 4.47. The van der Waals surface area contributed by atoms with Crippen molar-refractivity contribution >= 4 is 29.1 Å². The van der Waals surface area contributed by atoms with E-state index >= 15 is 0 Å². The van der Waals surface area contributed by atoms with Crippen LogP contribution in [0.3, 0.4) is 0 Å². The van der Waals surface area contributed by atoms with Gasteiger partial charge in [0.2, 0.25) is 0 Å². The Morgan fingerprint density at radius 3 is 2.90 bits per heavy atom. The Labute approximate surface area is 128 Å². The Bertz CT molecular complexity index is 519. The maximum Gasteiger partial charge on any atom is 0.255 e. The molecule has 0 bridgehead atoms. The molecule has 0 spiro atoms. The number of ether oxygens (including phenoxy) is 1. The van der Waals surface area contributed by atoms with E-state index in [1.807, 2.05) is 13.8 Å². The normalized spacial score (nSPS) is 21.8. The minimum Gasteiger partial charge on any atom is -0.508 e. The van der Waals surface area contributed by atoms with Gasteiger partial charge in [-0.15, -0.1) is 11.6 Å². The molecule has 0 radical (unpaired) electrons. The van der Waals surface area contributed by atoms with Gasteiger partial charge in [-0.1, -0.05) is 11.6 Å². The predicted molar refractivity (Wildman–Crippen MR) is 78.7 cm³/mol. The van der Waals surface area contributed by atoms with Gasteiger partial charge in [0, 0.05) is 13.1 Å². The first-order valence-corrected chi connectivity index (χ1v) is 7.25. The van der Waals surface area contributed by atoms with Crippen molar-refractivity contribution in [1.82, 2.24) is 4.90 Å². The van der Waals surface area contributed by atoms with Gasteiger partial charge < -0.3 is 14.7 Å². The summed E-state index contributed by atoms with van der Waals surface area (Å²) in [5.74, 6) is 0.109. The Morgan fingerprint density at radius 2 is 2.25 bits per heavy atom. The lowest BCUT2D eigenvalue weighted by Crippen LogP contribution is -2.55. The Hall–Kier alpha value is -0.970. The molecule has 2 rings (SSSR count). The number of alkyl halides is 1. The summed E-state index contributed by atoms with van der Waals surface area (Å²) in [4.78, 5) is 14.2. The number of benzene rings is 1. The maximum atomic E-state index is 12.6. The summed E-state index contributed by atoms with van der Waals surface area (Å²) < 4.78 is 5.78. The monoisotopic (exact) mass is 317 g/mol. The first kappa shape index (κ1) is 15.4. The Balaban J connectivity index is 2.25. The van der Waals surface area contributed by atoms with Gasteiger partial charge in [-0.3, -0.25) is 4.79 Å². The highest BCUT2D eigenvalue weighted by Gasteiger charge is 2.36. The first-order chi connectivity index (χ1) is 9.32. The van der Waals surface area contributed by atoms with Crippen molar-refractivity contribution in [3.05, 3.63) is 28.8 Å². The van der Waals surface area contributed by atoms with Crippen LogP contribution in [0.2, 0.25) is 5.02 Å². The number of amides is 1. The van der Waals surface area contributed by atoms with Gasteiger partial charge in [-0.05, 0) is 32.0 Å². The van der Waals surface area contributed by atoms with Crippen LogP contribution in [-0.4, -0.2) is 46.6 Å². The number of hydrogen-bond donors (Lipinski definition) is 1. The van der Waals surface area contributed by atoms with Crippen molar-refractivity contribution in [3.63, 3.8) is 0 Å². The lowest BCUT2D eigenvalue weighted by Gasteiger charge is -2.42. The summed E-state index contributed by atoms with van der Waals surface area (Å²) in [5.41, 5.74) is -0.172. The molecule has 1 heterocycles. The van der Waals surface area contributed by atoms with Crippen molar-refractivity contribution in [2.24, 2.45) is 0 Å². The van der Waals surface area contributed by atoms with Crippen LogP contribution in [0.15, 0.2) is 18.2 Å². The van der Waals surface area contributed by atoms with Crippen LogP contribution in [0.4, 0.5) is 0 Å². The summed E-state index contributed by atoms with van der Waals surface area (Å²) in [7, 11) is 0. The fourth-order valence-electron chi connectivity index (χ4n) is 2.38. The van der Waals surface area contributed by atoms with E-state index in [1.165, 1.54) is 18.2 Å². The molecular formula is C14H17Cl2NO3. The minimum absolute atomic E-state index is 0.0131. The number of carbonyl (C=O) groups excluding carboxylic acids is 1. The van der Waals surface area contributed by atoms with E-state index in [4.69, 9.17) is 27.9 Å². The second-order valence-corrected chi connectivity index (χ2v) is 6.22. The van der Waals surface area contributed by atoms with Crippen LogP contribution >= 0.6 is 23.2 Å². The number of morpholine rings is 1. The van der Waals surface area contributed by atoms with E-state index in [-0.39, 0.29) is 23.3 Å². The average molecular weight is 318 g/mol. The number of phenols is 1. The highest BCUT2D eigenvalue weighted by molar-refractivity contribution is 6.33. The number of aromatic hydroxyl groups is 1. The molecule has 1 aliphatic heterocycles. The molecule has 1 aromatic rings. The quantitative estimate of drug-likeness (QED) is 0.853. The first-order valence-electron chi connectivity index (χ1n) is 6.34. The molecule has 0 saturated carbocycles. The zero-order valence-electron chi connectivity index (χ0n) is 11.4. The molecule has 110 valence electrons. The molecule has 1 aliphatic rings. The van der Waals surface area contributed by atoms with Crippen LogP contribution in [0.1, 0.15) is 24.2 Å². The van der Waals surface area contributed by atoms with E-state index in [2.05, 4.69) is 0 Å². The molecular weight excluding hydrogens is 301 g/mol. The fourth-order valence-corrected chi connectivity index (χ4v) is 2.74. The largest absolute Gasteiger partial charge is 0.508 e. The van der Waals surface area contributed by atoms with E-state index in [0.29, 0.717) is 24.0 Å². The number of rotatable bonds is 2. The lowest BCUT2D eigenvalue weighted by molar-refractivity contribution is -0.117. The van der Waals surface area contributed by atoms with E-state index < -0.39 is 5.60 Å². The molecule has 1 N–H and O–H groups in total. The standard InChI is InChI=1S/C14H17Cl2NO3/c1-14(2)8-17(7-10(6-15)20-14)13(19)11-5-9(18)3-4-12(11)16/h3-5,10,18H,6-8H2,1-2H3. The second-order valence-electron chi connectivity index (χ2n) is 5.50. The van der Waals surface area contributed by atoms with Crippen LogP contribution in [0, 0.1) is 0 Å². The van der Waals surface area contributed by atoms with Gasteiger partial charge in [0.1, 0.15) is 5.75 Å². The molecule has 1 saturated heterocycles. The van der Waals surface area contributed by atoms with Gasteiger partial charge in [-0.25, -0.2) is 0 Å². The van der Waals surface area contributed by atoms with Crippen LogP contribution < -0.4 is 0 Å². The summed E-state index contributed by atoms with van der Waals surface area (Å²) in [6, 6.07) is 4.33. The van der Waals surface area contributed by atoms with Gasteiger partial charge in [-0.2, -0.15) is 0 Å². The number of nitrogens with zero attached hydrogens (tertiary/aromatic N) is 1. The van der Waals surface area contributed by atoms with E-state index in [9.17, 15) is 9.90 Å². The lowest BCUT2D eigenvalue weighted by atomic mass is 10.0. The third-order valence-corrected chi connectivity index (χ3v) is 3.79. The van der Waals surface area contributed by atoms with Gasteiger partial charge in [0.25, 0.3) is 5.91 Å². The van der Waals surface area contributed by atoms with Crippen molar-refractivity contribution in [2.45, 2.75) is 25.6 Å². The van der Waals surface area contributed by atoms with Crippen molar-refractivity contribution in [3.8, 4) is 5.75 Å². The van der Waals surface area contributed by atoms with Crippen molar-refractivity contribution in [1.29, 1.82) is 0 Å². The highest BCUT2D eigenvalue weighted by Crippen LogP contribution is 2.27. The van der Waals surface area contributed by atoms with Gasteiger partial charge >= 0.3 is 0 Å². The fraction of sp³-hybridized carbons (Fsp3) is 0.500. The molecule has 0 aromatic heterocycles. The van der Waals surface area contributed by atoms with E-state index in [1.54, 1.807) is 4.90 Å². The highest BCUT2D eigenvalue weighted by atomic mass is 35.5. The van der Waals surface area contributed by atoms with Crippen LogP contribution in [0.25, 0.3) is 0 Å². The maximum absolute atomic E-state index is 12.6. The summed E-state index contributed by atoms with van der Waals surface area (Å²) >= 11 is 11.9.